The predicted octanol–water partition coefficient (Wildman–Crippen LogP) is 5.87. The molecule has 178 valence electrons. The number of nitriles is 1. The van der Waals surface area contributed by atoms with Gasteiger partial charge in [0.25, 0.3) is 0 Å². The van der Waals surface area contributed by atoms with Gasteiger partial charge in [0.2, 0.25) is 5.88 Å². The molecule has 2 aliphatic rings. The third-order valence-electron chi connectivity index (χ3n) is 7.08. The lowest BCUT2D eigenvalue weighted by molar-refractivity contribution is 0.135. The van der Waals surface area contributed by atoms with Gasteiger partial charge in [0, 0.05) is 28.4 Å². The van der Waals surface area contributed by atoms with E-state index in [0.717, 1.165) is 40.8 Å². The van der Waals surface area contributed by atoms with Crippen LogP contribution in [0.2, 0.25) is 5.02 Å². The van der Waals surface area contributed by atoms with Crippen LogP contribution in [0.5, 0.6) is 5.88 Å². The van der Waals surface area contributed by atoms with Gasteiger partial charge >= 0.3 is 0 Å². The smallest absolute Gasteiger partial charge is 0.213 e. The average Bonchev–Trinajstić information content (AvgIpc) is 3.58. The predicted molar refractivity (Wildman–Crippen MR) is 136 cm³/mol. The molecule has 35 heavy (non-hydrogen) atoms. The molecule has 0 bridgehead atoms. The molecule has 0 radical (unpaired) electrons. The van der Waals surface area contributed by atoms with Gasteiger partial charge in [-0.2, -0.15) is 5.26 Å². The molecule has 4 aromatic rings. The first-order chi connectivity index (χ1) is 17.0. The van der Waals surface area contributed by atoms with Crippen LogP contribution in [0.15, 0.2) is 24.3 Å². The Kier molecular flexibility index (Phi) is 5.53. The maximum absolute atomic E-state index is 14.7. The summed E-state index contributed by atoms with van der Waals surface area (Å²) in [7, 11) is 2.11. The van der Waals surface area contributed by atoms with Crippen molar-refractivity contribution in [1.82, 2.24) is 9.88 Å². The van der Waals surface area contributed by atoms with Gasteiger partial charge in [-0.3, -0.25) is 0 Å². The number of nitrogens with zero attached hydrogens (tertiary/aromatic N) is 3. The standard InChI is InChI=1S/C26H22ClFN4O2S/c1-32-8-2-3-13(32)10-34-20-7-5-14-17-11-33-12-18(17)21(23(27)24(14)31-20)15-4-6-19(28)25-22(15)16(9-29)26(30)35-25/h4-7,13H,2-3,8,10-12,30H2,1H3/t13-/m0/s1. The molecule has 9 heteroatoms. The van der Waals surface area contributed by atoms with Crippen molar-refractivity contribution in [3.05, 3.63) is 51.8 Å². The van der Waals surface area contributed by atoms with E-state index >= 15 is 0 Å². The number of fused-ring (bicyclic) bond motifs is 4. The second kappa shape index (κ2) is 8.61. The summed E-state index contributed by atoms with van der Waals surface area (Å²) in [4.78, 5) is 7.08. The van der Waals surface area contributed by atoms with Gasteiger partial charge in [-0.25, -0.2) is 9.37 Å². The summed E-state index contributed by atoms with van der Waals surface area (Å²) in [5.74, 6) is 0.0868. The normalized spacial score (nSPS) is 17.8. The Balaban J connectivity index is 1.54. The van der Waals surface area contributed by atoms with Crippen LogP contribution in [-0.4, -0.2) is 36.1 Å². The Morgan fingerprint density at radius 3 is 2.91 bits per heavy atom. The quantitative estimate of drug-likeness (QED) is 0.371. The van der Waals surface area contributed by atoms with Crippen molar-refractivity contribution in [3.63, 3.8) is 0 Å². The number of nitrogen functional groups attached to an aromatic ring is 1. The van der Waals surface area contributed by atoms with E-state index in [-0.39, 0.29) is 10.6 Å². The van der Waals surface area contributed by atoms with E-state index in [1.807, 2.05) is 12.1 Å². The summed E-state index contributed by atoms with van der Waals surface area (Å²) in [6, 6.07) is 9.41. The maximum Gasteiger partial charge on any atom is 0.213 e. The lowest BCUT2D eigenvalue weighted by Gasteiger charge is -2.20. The van der Waals surface area contributed by atoms with E-state index < -0.39 is 5.82 Å². The van der Waals surface area contributed by atoms with E-state index in [2.05, 4.69) is 18.0 Å². The van der Waals surface area contributed by atoms with Crippen LogP contribution < -0.4 is 10.5 Å². The molecule has 1 fully saturated rings. The van der Waals surface area contributed by atoms with Gasteiger partial charge in [-0.05, 0) is 55.3 Å². The highest BCUT2D eigenvalue weighted by molar-refractivity contribution is 7.23. The van der Waals surface area contributed by atoms with E-state index in [1.165, 1.54) is 12.5 Å². The van der Waals surface area contributed by atoms with E-state index in [0.29, 0.717) is 63.5 Å². The summed E-state index contributed by atoms with van der Waals surface area (Å²) in [6.45, 7) is 2.43. The van der Waals surface area contributed by atoms with Crippen LogP contribution in [0.3, 0.4) is 0 Å². The fourth-order valence-electron chi connectivity index (χ4n) is 5.24. The number of benzene rings is 2. The number of ether oxygens (including phenoxy) is 2. The number of aromatic nitrogens is 1. The Labute approximate surface area is 210 Å². The first kappa shape index (κ1) is 22.5. The van der Waals surface area contributed by atoms with Crippen LogP contribution in [0.25, 0.3) is 32.1 Å². The maximum atomic E-state index is 14.7. The van der Waals surface area contributed by atoms with Crippen molar-refractivity contribution in [1.29, 1.82) is 5.26 Å². The van der Waals surface area contributed by atoms with E-state index in [1.54, 1.807) is 6.07 Å². The second-order valence-electron chi connectivity index (χ2n) is 9.02. The zero-order valence-electron chi connectivity index (χ0n) is 19.0. The number of nitrogens with two attached hydrogens (primary N) is 1. The third kappa shape index (κ3) is 3.54. The third-order valence-corrected chi connectivity index (χ3v) is 8.47. The van der Waals surface area contributed by atoms with Gasteiger partial charge in [0.15, 0.2) is 0 Å². The molecule has 4 heterocycles. The summed E-state index contributed by atoms with van der Waals surface area (Å²) >= 11 is 8.11. The monoisotopic (exact) mass is 508 g/mol. The average molecular weight is 509 g/mol. The van der Waals surface area contributed by atoms with Crippen molar-refractivity contribution in [2.45, 2.75) is 32.1 Å². The van der Waals surface area contributed by atoms with Crippen molar-refractivity contribution < 1.29 is 13.9 Å². The molecule has 2 aromatic heterocycles. The molecule has 1 atom stereocenters. The molecule has 2 aliphatic heterocycles. The number of hydrogen-bond acceptors (Lipinski definition) is 7. The highest BCUT2D eigenvalue weighted by atomic mass is 35.5. The van der Waals surface area contributed by atoms with Crippen LogP contribution in [0, 0.1) is 17.1 Å². The Hall–Kier alpha value is -2.96. The molecule has 2 N–H and O–H groups in total. The Morgan fingerprint density at radius 1 is 1.31 bits per heavy atom. The minimum atomic E-state index is -0.419. The van der Waals surface area contributed by atoms with E-state index in [9.17, 15) is 9.65 Å². The lowest BCUT2D eigenvalue weighted by Crippen LogP contribution is -2.30. The largest absolute Gasteiger partial charge is 0.476 e. The number of likely N-dealkylation sites (N-methyl/N-ethyl adjacent to an activating group) is 1. The van der Waals surface area contributed by atoms with Gasteiger partial charge in [0.1, 0.15) is 23.5 Å². The van der Waals surface area contributed by atoms with Gasteiger partial charge in [-0.15, -0.1) is 11.3 Å². The number of halogens is 2. The van der Waals surface area contributed by atoms with Crippen LogP contribution in [-0.2, 0) is 18.0 Å². The minimum absolute atomic E-state index is 0.258. The zero-order valence-corrected chi connectivity index (χ0v) is 20.6. The summed E-state index contributed by atoms with van der Waals surface area (Å²) in [5.41, 5.74) is 10.2. The zero-order chi connectivity index (χ0) is 24.3. The summed E-state index contributed by atoms with van der Waals surface area (Å²) < 4.78 is 26.9. The van der Waals surface area contributed by atoms with Crippen molar-refractivity contribution in [3.8, 4) is 23.1 Å². The molecule has 6 rings (SSSR count). The first-order valence-electron chi connectivity index (χ1n) is 11.4. The molecular formula is C26H22ClFN4O2S. The summed E-state index contributed by atoms with van der Waals surface area (Å²) in [5, 5.41) is 11.9. The Bertz CT molecular complexity index is 1550. The van der Waals surface area contributed by atoms with Crippen LogP contribution in [0.1, 0.15) is 29.5 Å². The highest BCUT2D eigenvalue weighted by Gasteiger charge is 2.28. The Morgan fingerprint density at radius 2 is 2.14 bits per heavy atom. The highest BCUT2D eigenvalue weighted by Crippen LogP contribution is 2.48. The van der Waals surface area contributed by atoms with Crippen LogP contribution in [0.4, 0.5) is 9.39 Å². The summed E-state index contributed by atoms with van der Waals surface area (Å²) in [6.07, 6.45) is 2.27. The first-order valence-corrected chi connectivity index (χ1v) is 12.6. The fourth-order valence-corrected chi connectivity index (χ4v) is 6.55. The van der Waals surface area contributed by atoms with Crippen molar-refractivity contribution in [2.24, 2.45) is 0 Å². The topological polar surface area (TPSA) is 84.4 Å². The molecule has 1 saturated heterocycles. The lowest BCUT2D eigenvalue weighted by atomic mass is 9.91. The molecule has 6 nitrogen and oxygen atoms in total. The number of rotatable bonds is 4. The van der Waals surface area contributed by atoms with Gasteiger partial charge < -0.3 is 20.1 Å². The molecule has 0 unspecified atom stereocenters. The SMILES string of the molecule is CN1CCC[C@H]1COc1ccc2c3c(c(-c4ccc(F)c5sc(N)c(C#N)c45)c(Cl)c2n1)COC3. The molecule has 0 spiro atoms. The molecular weight excluding hydrogens is 487 g/mol. The minimum Gasteiger partial charge on any atom is -0.476 e. The fraction of sp³-hybridized carbons (Fsp3) is 0.308. The van der Waals surface area contributed by atoms with Crippen molar-refractivity contribution >= 4 is 48.9 Å². The van der Waals surface area contributed by atoms with Gasteiger partial charge in [0.05, 0.1) is 34.0 Å². The number of likely N-dealkylation sites (tertiary alicyclic amines) is 1. The molecule has 0 aliphatic carbocycles. The molecule has 0 amide bonds. The number of thiophene rings is 1. The van der Waals surface area contributed by atoms with Gasteiger partial charge in [-0.1, -0.05) is 17.7 Å². The van der Waals surface area contributed by atoms with Crippen molar-refractivity contribution in [2.75, 3.05) is 25.9 Å². The number of pyridine rings is 1. The van der Waals surface area contributed by atoms with Crippen LogP contribution >= 0.6 is 22.9 Å². The van der Waals surface area contributed by atoms with E-state index in [4.69, 9.17) is 31.8 Å². The number of hydrogen-bond donors (Lipinski definition) is 1. The second-order valence-corrected chi connectivity index (χ2v) is 10.5. The molecule has 2 aromatic carbocycles. The molecule has 0 saturated carbocycles. The number of anilines is 1.